The Morgan fingerprint density at radius 1 is 0.917 bits per heavy atom. The Morgan fingerprint density at radius 2 is 1.62 bits per heavy atom. The number of carbonyl (C=O) groups is 1. The number of furan rings is 2. The lowest BCUT2D eigenvalue weighted by Gasteiger charge is -2.03. The average molecular weight is 322 g/mol. The SMILES string of the molecule is O=C(N/N=C\c1ccco1)c1cccc(N/N=C\c2ccco2)c1. The number of carbonyl (C=O) groups excluding carboxylic acids is 1. The Hall–Kier alpha value is -3.61. The molecule has 0 fully saturated rings. The second kappa shape index (κ2) is 7.59. The Kier molecular flexibility index (Phi) is 4.84. The number of hydrogen-bond donors (Lipinski definition) is 2. The molecule has 24 heavy (non-hydrogen) atoms. The zero-order chi connectivity index (χ0) is 16.6. The van der Waals surface area contributed by atoms with Gasteiger partial charge in [-0.3, -0.25) is 10.2 Å². The van der Waals surface area contributed by atoms with E-state index >= 15 is 0 Å². The third-order valence-electron chi connectivity index (χ3n) is 2.95. The van der Waals surface area contributed by atoms with Crippen molar-refractivity contribution in [2.24, 2.45) is 10.2 Å². The van der Waals surface area contributed by atoms with Gasteiger partial charge in [-0.1, -0.05) is 6.07 Å². The van der Waals surface area contributed by atoms with Gasteiger partial charge in [0.1, 0.15) is 11.5 Å². The lowest BCUT2D eigenvalue weighted by molar-refractivity contribution is 0.0955. The van der Waals surface area contributed by atoms with E-state index in [9.17, 15) is 4.79 Å². The smallest absolute Gasteiger partial charge is 0.271 e. The lowest BCUT2D eigenvalue weighted by Crippen LogP contribution is -2.17. The van der Waals surface area contributed by atoms with Gasteiger partial charge in [0.05, 0.1) is 30.6 Å². The number of nitrogens with zero attached hydrogens (tertiary/aromatic N) is 2. The van der Waals surface area contributed by atoms with Gasteiger partial charge in [-0.05, 0) is 42.5 Å². The first-order valence-electron chi connectivity index (χ1n) is 7.11. The fourth-order valence-corrected chi connectivity index (χ4v) is 1.85. The van der Waals surface area contributed by atoms with Crippen LogP contribution in [0, 0.1) is 0 Å². The number of anilines is 1. The van der Waals surface area contributed by atoms with Crippen LogP contribution < -0.4 is 10.9 Å². The van der Waals surface area contributed by atoms with Gasteiger partial charge in [0.25, 0.3) is 5.91 Å². The molecule has 7 nitrogen and oxygen atoms in total. The van der Waals surface area contributed by atoms with Crippen molar-refractivity contribution in [3.63, 3.8) is 0 Å². The summed E-state index contributed by atoms with van der Waals surface area (Å²) in [6, 6.07) is 13.9. The van der Waals surface area contributed by atoms with Gasteiger partial charge >= 0.3 is 0 Å². The molecular weight excluding hydrogens is 308 g/mol. The standard InChI is InChI=1S/C17H14N4O3/c22-17(21-19-12-16-7-3-9-24-16)13-4-1-5-14(10-13)20-18-11-15-6-2-8-23-15/h1-12,20H,(H,21,22)/b18-11-,19-12-. The molecule has 1 aromatic carbocycles. The van der Waals surface area contributed by atoms with E-state index in [4.69, 9.17) is 8.83 Å². The van der Waals surface area contributed by atoms with Crippen LogP contribution in [0.1, 0.15) is 21.9 Å². The highest BCUT2D eigenvalue weighted by atomic mass is 16.3. The fraction of sp³-hybridized carbons (Fsp3) is 0. The molecule has 0 spiro atoms. The van der Waals surface area contributed by atoms with Crippen molar-refractivity contribution in [3.05, 3.63) is 78.1 Å². The molecular formula is C17H14N4O3. The van der Waals surface area contributed by atoms with Crippen molar-refractivity contribution in [1.82, 2.24) is 5.43 Å². The molecule has 0 aliphatic rings. The number of rotatable bonds is 6. The monoisotopic (exact) mass is 322 g/mol. The van der Waals surface area contributed by atoms with E-state index in [1.165, 1.54) is 12.5 Å². The maximum Gasteiger partial charge on any atom is 0.271 e. The molecule has 0 radical (unpaired) electrons. The molecule has 0 aliphatic heterocycles. The van der Waals surface area contributed by atoms with E-state index in [0.717, 1.165) is 0 Å². The Labute approximate surface area is 137 Å². The first kappa shape index (κ1) is 15.3. The van der Waals surface area contributed by atoms with Gasteiger partial charge < -0.3 is 8.83 Å². The average Bonchev–Trinajstić information content (AvgIpc) is 3.29. The fourth-order valence-electron chi connectivity index (χ4n) is 1.85. The maximum absolute atomic E-state index is 12.0. The number of hydrogen-bond acceptors (Lipinski definition) is 6. The molecule has 0 unspecified atom stereocenters. The summed E-state index contributed by atoms with van der Waals surface area (Å²) in [5.41, 5.74) is 6.38. The van der Waals surface area contributed by atoms with Crippen LogP contribution in [0.3, 0.4) is 0 Å². The van der Waals surface area contributed by atoms with Crippen molar-refractivity contribution in [2.45, 2.75) is 0 Å². The maximum atomic E-state index is 12.0. The predicted octanol–water partition coefficient (Wildman–Crippen LogP) is 3.08. The summed E-state index contributed by atoms with van der Waals surface area (Å²) in [6.07, 6.45) is 6.06. The van der Waals surface area contributed by atoms with Gasteiger partial charge in [0.2, 0.25) is 0 Å². The second-order valence-electron chi connectivity index (χ2n) is 4.68. The third kappa shape index (κ3) is 4.20. The number of amides is 1. The minimum Gasteiger partial charge on any atom is -0.463 e. The van der Waals surface area contributed by atoms with E-state index in [1.807, 2.05) is 0 Å². The third-order valence-corrected chi connectivity index (χ3v) is 2.95. The molecule has 0 aliphatic carbocycles. The van der Waals surface area contributed by atoms with E-state index in [-0.39, 0.29) is 5.91 Å². The van der Waals surface area contributed by atoms with Crippen molar-refractivity contribution >= 4 is 24.0 Å². The van der Waals surface area contributed by atoms with Crippen LogP contribution in [0.25, 0.3) is 0 Å². The Bertz CT molecular complexity index is 837. The molecule has 2 heterocycles. The number of benzene rings is 1. The minimum atomic E-state index is -0.337. The van der Waals surface area contributed by atoms with Crippen molar-refractivity contribution in [3.8, 4) is 0 Å². The van der Waals surface area contributed by atoms with Crippen LogP contribution in [-0.2, 0) is 0 Å². The predicted molar refractivity (Wildman–Crippen MR) is 90.1 cm³/mol. The highest BCUT2D eigenvalue weighted by Gasteiger charge is 2.04. The molecule has 120 valence electrons. The van der Waals surface area contributed by atoms with E-state index < -0.39 is 0 Å². The topological polar surface area (TPSA) is 92.1 Å². The van der Waals surface area contributed by atoms with Crippen LogP contribution in [0.2, 0.25) is 0 Å². The highest BCUT2D eigenvalue weighted by Crippen LogP contribution is 2.10. The summed E-state index contributed by atoms with van der Waals surface area (Å²) in [4.78, 5) is 12.0. The van der Waals surface area contributed by atoms with Crippen molar-refractivity contribution in [1.29, 1.82) is 0 Å². The molecule has 0 saturated heterocycles. The largest absolute Gasteiger partial charge is 0.463 e. The Balaban J connectivity index is 1.58. The van der Waals surface area contributed by atoms with E-state index in [1.54, 1.807) is 61.0 Å². The molecule has 7 heteroatoms. The zero-order valence-electron chi connectivity index (χ0n) is 12.5. The number of hydrazone groups is 2. The van der Waals surface area contributed by atoms with Crippen LogP contribution in [-0.4, -0.2) is 18.3 Å². The zero-order valence-corrected chi connectivity index (χ0v) is 12.5. The van der Waals surface area contributed by atoms with Crippen LogP contribution in [0.4, 0.5) is 5.69 Å². The summed E-state index contributed by atoms with van der Waals surface area (Å²) in [6.45, 7) is 0. The summed E-state index contributed by atoms with van der Waals surface area (Å²) in [5.74, 6) is 0.845. The molecule has 3 aromatic rings. The molecule has 0 atom stereocenters. The first-order chi connectivity index (χ1) is 11.8. The molecule has 1 amide bonds. The van der Waals surface area contributed by atoms with Gasteiger partial charge in [0, 0.05) is 5.56 Å². The Morgan fingerprint density at radius 3 is 2.29 bits per heavy atom. The molecule has 0 bridgehead atoms. The first-order valence-corrected chi connectivity index (χ1v) is 7.11. The van der Waals surface area contributed by atoms with E-state index in [2.05, 4.69) is 21.1 Å². The van der Waals surface area contributed by atoms with Gasteiger partial charge in [-0.2, -0.15) is 10.2 Å². The summed E-state index contributed by atoms with van der Waals surface area (Å²) >= 11 is 0. The molecule has 3 rings (SSSR count). The lowest BCUT2D eigenvalue weighted by atomic mass is 10.2. The van der Waals surface area contributed by atoms with Crippen molar-refractivity contribution < 1.29 is 13.6 Å². The van der Waals surface area contributed by atoms with Gasteiger partial charge in [-0.25, -0.2) is 5.43 Å². The number of nitrogens with one attached hydrogen (secondary N) is 2. The summed E-state index contributed by atoms with van der Waals surface area (Å²) in [7, 11) is 0. The molecule has 2 N–H and O–H groups in total. The van der Waals surface area contributed by atoms with Crippen molar-refractivity contribution in [2.75, 3.05) is 5.43 Å². The van der Waals surface area contributed by atoms with E-state index in [0.29, 0.717) is 22.8 Å². The normalized spacial score (nSPS) is 11.2. The minimum absolute atomic E-state index is 0.337. The molecule has 2 aromatic heterocycles. The summed E-state index contributed by atoms with van der Waals surface area (Å²) < 4.78 is 10.2. The van der Waals surface area contributed by atoms with Gasteiger partial charge in [0.15, 0.2) is 0 Å². The second-order valence-corrected chi connectivity index (χ2v) is 4.68. The molecule has 0 saturated carbocycles. The quantitative estimate of drug-likeness (QED) is 0.539. The van der Waals surface area contributed by atoms with Crippen LogP contribution in [0.15, 0.2) is 80.1 Å². The van der Waals surface area contributed by atoms with Gasteiger partial charge in [-0.15, -0.1) is 0 Å². The highest BCUT2D eigenvalue weighted by molar-refractivity contribution is 5.95. The van der Waals surface area contributed by atoms with Crippen LogP contribution in [0.5, 0.6) is 0 Å². The van der Waals surface area contributed by atoms with Crippen LogP contribution >= 0.6 is 0 Å². The summed E-state index contributed by atoms with van der Waals surface area (Å²) in [5, 5.41) is 7.87.